The normalized spacial score (nSPS) is 17.0. The smallest absolute Gasteiger partial charge is 0.336 e. The molecule has 0 saturated heterocycles. The van der Waals surface area contributed by atoms with Gasteiger partial charge in [-0.3, -0.25) is 0 Å². The van der Waals surface area contributed by atoms with Crippen molar-refractivity contribution >= 4 is 28.9 Å². The summed E-state index contributed by atoms with van der Waals surface area (Å²) in [4.78, 5) is 28.3. The Kier molecular flexibility index (Phi) is 8.76. The molecule has 2 amide bonds. The van der Waals surface area contributed by atoms with Crippen molar-refractivity contribution in [3.05, 3.63) is 79.9 Å². The minimum Gasteiger partial charge on any atom is -0.478 e. The highest BCUT2D eigenvalue weighted by Gasteiger charge is 2.36. The van der Waals surface area contributed by atoms with E-state index in [-0.39, 0.29) is 5.56 Å². The number of carbonyl (C=O) groups excluding carboxylic acids is 1. The molecule has 10 heteroatoms. The largest absolute Gasteiger partial charge is 0.478 e. The van der Waals surface area contributed by atoms with Gasteiger partial charge in [-0.15, -0.1) is 0 Å². The molecule has 3 aromatic rings. The Morgan fingerprint density at radius 3 is 2.49 bits per heavy atom. The molecule has 3 N–H and O–H groups in total. The standard InChI is InChI=1S/C39H44N4O6/c1-2-47-19-20-48-18-13-40-39(46)41-26-11-12-27(30(23-26)38(44)45)33-31-21-24-7-3-14-42-16-5-9-28(34(24)42)36(31)49-37-29-10-6-17-43-15-4-8-25(35(29)43)22-32(33)37/h11-12,21-23H,2-10,13-20H2,1H3,(H2,40,44,45,46)/p+1. The lowest BCUT2D eigenvalue weighted by Gasteiger charge is -2.39. The third-order valence-electron chi connectivity index (χ3n) is 10.6. The van der Waals surface area contributed by atoms with E-state index in [2.05, 4.69) is 32.2 Å². The van der Waals surface area contributed by atoms with E-state index in [0.29, 0.717) is 44.2 Å². The second-order valence-electron chi connectivity index (χ2n) is 13.6. The molecular formula is C39H45N4O6+. The van der Waals surface area contributed by atoms with E-state index in [9.17, 15) is 14.7 Å². The fourth-order valence-corrected chi connectivity index (χ4v) is 8.60. The molecule has 5 aliphatic rings. The number of carboxylic acid groups (broad SMARTS) is 1. The van der Waals surface area contributed by atoms with Crippen molar-refractivity contribution in [2.45, 2.75) is 58.3 Å². The van der Waals surface area contributed by atoms with Gasteiger partial charge >= 0.3 is 12.0 Å². The highest BCUT2D eigenvalue weighted by molar-refractivity contribution is 6.01. The predicted molar refractivity (Wildman–Crippen MR) is 188 cm³/mol. The summed E-state index contributed by atoms with van der Waals surface area (Å²) < 4.78 is 20.4. The van der Waals surface area contributed by atoms with Crippen LogP contribution >= 0.6 is 0 Å². The summed E-state index contributed by atoms with van der Waals surface area (Å²) in [5.74, 6) is 0.733. The fourth-order valence-electron chi connectivity index (χ4n) is 8.60. The number of amides is 2. The van der Waals surface area contributed by atoms with Gasteiger partial charge in [0.15, 0.2) is 0 Å². The van der Waals surface area contributed by atoms with Crippen LogP contribution in [0.4, 0.5) is 16.2 Å². The molecule has 5 heterocycles. The van der Waals surface area contributed by atoms with Gasteiger partial charge in [-0.1, -0.05) is 6.07 Å². The van der Waals surface area contributed by atoms with Gasteiger partial charge in [-0.2, -0.15) is 0 Å². The number of nitrogens with zero attached hydrogens (tertiary/aromatic N) is 2. The quantitative estimate of drug-likeness (QED) is 0.174. The van der Waals surface area contributed by atoms with E-state index in [4.69, 9.17) is 14.2 Å². The number of nitrogens with one attached hydrogen (secondary N) is 2. The molecule has 0 radical (unpaired) electrons. The molecule has 0 aliphatic carbocycles. The maximum absolute atomic E-state index is 13.0. The number of hydrogen-bond donors (Lipinski definition) is 3. The Labute approximate surface area is 286 Å². The number of benzene rings is 3. The van der Waals surface area contributed by atoms with Gasteiger partial charge < -0.3 is 34.9 Å². The fraction of sp³-hybridized carbons (Fsp3) is 0.462. The van der Waals surface area contributed by atoms with Crippen LogP contribution in [0.15, 0.2) is 30.3 Å². The van der Waals surface area contributed by atoms with Crippen molar-refractivity contribution < 1.29 is 28.9 Å². The first kappa shape index (κ1) is 31.8. The van der Waals surface area contributed by atoms with Gasteiger partial charge in [0.1, 0.15) is 24.6 Å². The lowest BCUT2D eigenvalue weighted by molar-refractivity contribution is 0.0547. The number of anilines is 2. The first-order valence-electron chi connectivity index (χ1n) is 18.0. The number of carboxylic acids is 1. The number of rotatable bonds is 10. The molecule has 8 rings (SSSR count). The van der Waals surface area contributed by atoms with E-state index in [1.165, 1.54) is 33.3 Å². The molecule has 0 aromatic heterocycles. The third-order valence-corrected chi connectivity index (χ3v) is 10.6. The molecule has 0 unspecified atom stereocenters. The van der Waals surface area contributed by atoms with Crippen molar-refractivity contribution in [2.24, 2.45) is 0 Å². The Morgan fingerprint density at radius 2 is 1.65 bits per heavy atom. The Morgan fingerprint density at radius 1 is 0.878 bits per heavy atom. The number of aromatic carboxylic acids is 1. The van der Waals surface area contributed by atoms with Crippen molar-refractivity contribution in [3.63, 3.8) is 0 Å². The zero-order chi connectivity index (χ0) is 33.5. The lowest BCUT2D eigenvalue weighted by atomic mass is 9.81. The number of ether oxygens (including phenoxy) is 3. The van der Waals surface area contributed by atoms with Crippen LogP contribution in [0.5, 0.6) is 11.5 Å². The maximum atomic E-state index is 13.0. The topological polar surface area (TPSA) is 112 Å². The lowest BCUT2D eigenvalue weighted by Crippen LogP contribution is -2.45. The summed E-state index contributed by atoms with van der Waals surface area (Å²) in [6, 6.07) is 9.38. The SMILES string of the molecule is CCOCCOCCNC(=O)Nc1ccc(C2=c3cc4c5c(c3Oc3c2cc2c6c3CCCN6CCC2)CCC[N+]=5CCC4)c(C(=O)O)c1. The highest BCUT2D eigenvalue weighted by atomic mass is 16.5. The molecule has 10 nitrogen and oxygen atoms in total. The monoisotopic (exact) mass is 665 g/mol. The molecule has 0 bridgehead atoms. The van der Waals surface area contributed by atoms with Crippen molar-refractivity contribution in [2.75, 3.05) is 69.4 Å². The maximum Gasteiger partial charge on any atom is 0.336 e. The molecule has 256 valence electrons. The van der Waals surface area contributed by atoms with Crippen LogP contribution in [-0.2, 0) is 35.2 Å². The molecule has 0 atom stereocenters. The van der Waals surface area contributed by atoms with Crippen LogP contribution in [0.3, 0.4) is 0 Å². The molecule has 49 heavy (non-hydrogen) atoms. The van der Waals surface area contributed by atoms with Gasteiger partial charge in [-0.05, 0) is 80.8 Å². The van der Waals surface area contributed by atoms with Crippen LogP contribution in [-0.4, -0.2) is 76.3 Å². The minimum absolute atomic E-state index is 0.145. The van der Waals surface area contributed by atoms with Gasteiger partial charge in [0.25, 0.3) is 0 Å². The third kappa shape index (κ3) is 5.84. The molecule has 0 spiro atoms. The van der Waals surface area contributed by atoms with Crippen LogP contribution in [0.2, 0.25) is 0 Å². The predicted octanol–water partition coefficient (Wildman–Crippen LogP) is 3.99. The summed E-state index contributed by atoms with van der Waals surface area (Å²) in [7, 11) is 0. The number of urea groups is 1. The van der Waals surface area contributed by atoms with Crippen LogP contribution in [0.1, 0.15) is 76.3 Å². The number of fused-ring (bicyclic) bond motifs is 4. The number of carbonyl (C=O) groups is 2. The molecule has 5 aliphatic heterocycles. The van der Waals surface area contributed by atoms with Crippen molar-refractivity contribution in [3.8, 4) is 11.5 Å². The number of aryl methyl sites for hydroxylation is 2. The highest BCUT2D eigenvalue weighted by Crippen LogP contribution is 2.48. The zero-order valence-corrected chi connectivity index (χ0v) is 28.3. The van der Waals surface area contributed by atoms with E-state index < -0.39 is 12.0 Å². The van der Waals surface area contributed by atoms with E-state index in [1.807, 2.05) is 13.0 Å². The Hall–Kier alpha value is -4.41. The molecule has 0 fully saturated rings. The van der Waals surface area contributed by atoms with Crippen LogP contribution < -0.4 is 35.4 Å². The average molecular weight is 666 g/mol. The van der Waals surface area contributed by atoms with Gasteiger partial charge in [-0.25, -0.2) is 14.2 Å². The molecular weight excluding hydrogens is 620 g/mol. The first-order valence-corrected chi connectivity index (χ1v) is 18.0. The van der Waals surface area contributed by atoms with E-state index in [1.54, 1.807) is 12.1 Å². The van der Waals surface area contributed by atoms with Gasteiger partial charge in [0.05, 0.1) is 30.9 Å². The Bertz CT molecular complexity index is 1960. The van der Waals surface area contributed by atoms with Gasteiger partial charge in [0, 0.05) is 77.9 Å². The average Bonchev–Trinajstić information content (AvgIpc) is 3.11. The summed E-state index contributed by atoms with van der Waals surface area (Å²) >= 11 is 0. The Balaban J connectivity index is 1.24. The van der Waals surface area contributed by atoms with E-state index in [0.717, 1.165) is 105 Å². The first-order chi connectivity index (χ1) is 24.0. The van der Waals surface area contributed by atoms with Crippen LogP contribution in [0.25, 0.3) is 5.57 Å². The molecule has 0 saturated carbocycles. The molecule has 3 aromatic carbocycles. The summed E-state index contributed by atoms with van der Waals surface area (Å²) in [6.07, 6.45) is 8.23. The minimum atomic E-state index is -1.04. The summed E-state index contributed by atoms with van der Waals surface area (Å²) in [5.41, 5.74) is 9.58. The van der Waals surface area contributed by atoms with Gasteiger partial charge in [0.2, 0.25) is 5.36 Å². The summed E-state index contributed by atoms with van der Waals surface area (Å²) in [6.45, 7) is 8.46. The number of hydrogen-bond acceptors (Lipinski definition) is 6. The van der Waals surface area contributed by atoms with Crippen LogP contribution in [0, 0.1) is 0 Å². The summed E-state index contributed by atoms with van der Waals surface area (Å²) in [5, 5.41) is 18.6. The zero-order valence-electron chi connectivity index (χ0n) is 28.3. The second kappa shape index (κ2) is 13.5. The van der Waals surface area contributed by atoms with Crippen molar-refractivity contribution in [1.29, 1.82) is 0 Å². The van der Waals surface area contributed by atoms with Crippen molar-refractivity contribution in [1.82, 2.24) is 9.89 Å². The van der Waals surface area contributed by atoms with E-state index >= 15 is 0 Å². The second-order valence-corrected chi connectivity index (χ2v) is 13.6.